The van der Waals surface area contributed by atoms with E-state index >= 15 is 0 Å². The van der Waals surface area contributed by atoms with Gasteiger partial charge in [-0.05, 0) is 32.5 Å². The molecule has 18 heavy (non-hydrogen) atoms. The Morgan fingerprint density at radius 3 is 1.89 bits per heavy atom. The Balaban J connectivity index is 0. The van der Waals surface area contributed by atoms with E-state index in [9.17, 15) is 4.79 Å². The van der Waals surface area contributed by atoms with Gasteiger partial charge in [-0.1, -0.05) is 20.4 Å². The van der Waals surface area contributed by atoms with Gasteiger partial charge in [0.2, 0.25) is 0 Å². The molecule has 0 fully saturated rings. The lowest BCUT2D eigenvalue weighted by molar-refractivity contribution is -0.132. The molecule has 7 nitrogen and oxygen atoms in total. The summed E-state index contributed by atoms with van der Waals surface area (Å²) in [7, 11) is -4.67. The molecule has 0 aliphatic rings. The van der Waals surface area contributed by atoms with Crippen molar-refractivity contribution in [3.05, 3.63) is 12.2 Å². The van der Waals surface area contributed by atoms with Gasteiger partial charge in [0.05, 0.1) is 0 Å². The Bertz CT molecular complexity index is 339. The van der Waals surface area contributed by atoms with Crippen molar-refractivity contribution in [1.29, 1.82) is 0 Å². The normalized spacial score (nSPS) is 10.7. The molecule has 0 aromatic carbocycles. The summed E-state index contributed by atoms with van der Waals surface area (Å²) in [5.74, 6) is -0.875. The van der Waals surface area contributed by atoms with E-state index in [-0.39, 0.29) is 0 Å². The van der Waals surface area contributed by atoms with E-state index in [0.717, 1.165) is 26.1 Å². The van der Waals surface area contributed by atoms with Crippen LogP contribution in [0.1, 0.15) is 26.7 Å². The van der Waals surface area contributed by atoms with E-state index in [1.54, 1.807) is 0 Å². The van der Waals surface area contributed by atoms with Crippen molar-refractivity contribution in [2.24, 2.45) is 0 Å². The van der Waals surface area contributed by atoms with E-state index in [1.165, 1.54) is 0 Å². The van der Waals surface area contributed by atoms with E-state index in [4.69, 9.17) is 22.6 Å². The van der Waals surface area contributed by atoms with Crippen LogP contribution in [0, 0.1) is 0 Å². The van der Waals surface area contributed by atoms with Gasteiger partial charge < -0.3 is 10.0 Å². The average Bonchev–Trinajstić information content (AvgIpc) is 2.21. The SMILES string of the molecule is C=C(CCCN(CC)CC)C(=O)O.O=S(=O)(O)O. The Kier molecular flexibility index (Phi) is 10.8. The molecule has 0 spiro atoms. The maximum Gasteiger partial charge on any atom is 0.394 e. The van der Waals surface area contributed by atoms with Crippen molar-refractivity contribution in [3.63, 3.8) is 0 Å². The van der Waals surface area contributed by atoms with Gasteiger partial charge in [0.25, 0.3) is 0 Å². The van der Waals surface area contributed by atoms with E-state index in [1.807, 2.05) is 0 Å². The van der Waals surface area contributed by atoms with E-state index in [2.05, 4.69) is 25.3 Å². The number of aliphatic carboxylic acids is 1. The molecule has 0 bridgehead atoms. The Morgan fingerprint density at radius 2 is 1.61 bits per heavy atom. The summed E-state index contributed by atoms with van der Waals surface area (Å²) < 4.78 is 31.6. The molecule has 0 unspecified atom stereocenters. The fourth-order valence-electron chi connectivity index (χ4n) is 1.16. The number of carboxylic acids is 1. The minimum Gasteiger partial charge on any atom is -0.478 e. The second kappa shape index (κ2) is 10.0. The van der Waals surface area contributed by atoms with Crippen LogP contribution in [-0.2, 0) is 15.2 Å². The standard InChI is InChI=1S/C10H19NO2.H2O4S/c1-4-11(5-2)8-6-7-9(3)10(12)13;1-5(2,3)4/h3-8H2,1-2H3,(H,12,13);(H2,1,2,3,4). The molecule has 0 aromatic rings. The highest BCUT2D eigenvalue weighted by atomic mass is 32.3. The van der Waals surface area contributed by atoms with Crippen molar-refractivity contribution in [3.8, 4) is 0 Å². The van der Waals surface area contributed by atoms with Gasteiger partial charge in [-0.25, -0.2) is 4.79 Å². The molecule has 0 heterocycles. The van der Waals surface area contributed by atoms with Crippen LogP contribution in [0.5, 0.6) is 0 Å². The highest BCUT2D eigenvalue weighted by molar-refractivity contribution is 7.79. The van der Waals surface area contributed by atoms with Gasteiger partial charge in [-0.2, -0.15) is 8.42 Å². The first kappa shape index (κ1) is 19.4. The van der Waals surface area contributed by atoms with Gasteiger partial charge in [-0.3, -0.25) is 9.11 Å². The number of rotatable bonds is 7. The van der Waals surface area contributed by atoms with Crippen molar-refractivity contribution < 1.29 is 27.4 Å². The largest absolute Gasteiger partial charge is 0.478 e. The second-order valence-corrected chi connectivity index (χ2v) is 4.38. The van der Waals surface area contributed by atoms with Crippen LogP contribution in [0.4, 0.5) is 0 Å². The molecular formula is C10H21NO6S. The van der Waals surface area contributed by atoms with Crippen LogP contribution in [0.25, 0.3) is 0 Å². The molecule has 0 saturated heterocycles. The molecular weight excluding hydrogens is 262 g/mol. The zero-order valence-corrected chi connectivity index (χ0v) is 11.5. The van der Waals surface area contributed by atoms with Gasteiger partial charge >= 0.3 is 16.4 Å². The number of nitrogens with zero attached hydrogens (tertiary/aromatic N) is 1. The Morgan fingerprint density at radius 1 is 1.22 bits per heavy atom. The zero-order chi connectivity index (χ0) is 14.8. The van der Waals surface area contributed by atoms with E-state index in [0.29, 0.717) is 12.0 Å². The summed E-state index contributed by atoms with van der Waals surface area (Å²) in [6, 6.07) is 0. The summed E-state index contributed by atoms with van der Waals surface area (Å²) in [5.41, 5.74) is 0.312. The van der Waals surface area contributed by atoms with Crippen molar-refractivity contribution in [2.75, 3.05) is 19.6 Å². The third kappa shape index (κ3) is 17.4. The van der Waals surface area contributed by atoms with Crippen LogP contribution < -0.4 is 0 Å². The van der Waals surface area contributed by atoms with Gasteiger partial charge in [0.15, 0.2) is 0 Å². The average molecular weight is 283 g/mol. The topological polar surface area (TPSA) is 115 Å². The molecule has 8 heteroatoms. The monoisotopic (exact) mass is 283 g/mol. The summed E-state index contributed by atoms with van der Waals surface area (Å²) in [6.45, 7) is 10.7. The van der Waals surface area contributed by atoms with Crippen molar-refractivity contribution >= 4 is 16.4 Å². The first-order valence-corrected chi connectivity index (χ1v) is 6.84. The molecule has 0 aliphatic heterocycles. The number of carboxylic acid groups (broad SMARTS) is 1. The highest BCUT2D eigenvalue weighted by Crippen LogP contribution is 2.03. The fraction of sp³-hybridized carbons (Fsp3) is 0.700. The molecule has 0 radical (unpaired) electrons. The third-order valence-corrected chi connectivity index (χ3v) is 2.15. The molecule has 3 N–H and O–H groups in total. The third-order valence-electron chi connectivity index (χ3n) is 2.15. The van der Waals surface area contributed by atoms with E-state index < -0.39 is 16.4 Å². The number of hydrogen-bond donors (Lipinski definition) is 3. The molecule has 0 aromatic heterocycles. The number of carbonyl (C=O) groups is 1. The predicted octanol–water partition coefficient (Wildman–Crippen LogP) is 1.10. The van der Waals surface area contributed by atoms with Crippen LogP contribution in [0.3, 0.4) is 0 Å². The van der Waals surface area contributed by atoms with Crippen molar-refractivity contribution in [1.82, 2.24) is 4.90 Å². The first-order valence-electron chi connectivity index (χ1n) is 5.45. The lowest BCUT2D eigenvalue weighted by atomic mass is 10.1. The van der Waals surface area contributed by atoms with Gasteiger partial charge in [0.1, 0.15) is 0 Å². The van der Waals surface area contributed by atoms with Crippen molar-refractivity contribution in [2.45, 2.75) is 26.7 Å². The van der Waals surface area contributed by atoms with Crippen LogP contribution in [0.15, 0.2) is 12.2 Å². The smallest absolute Gasteiger partial charge is 0.394 e. The highest BCUT2D eigenvalue weighted by Gasteiger charge is 2.04. The molecule has 0 atom stereocenters. The van der Waals surface area contributed by atoms with Gasteiger partial charge in [-0.15, -0.1) is 0 Å². The zero-order valence-electron chi connectivity index (χ0n) is 10.7. The summed E-state index contributed by atoms with van der Waals surface area (Å²) in [4.78, 5) is 12.7. The molecule has 0 amide bonds. The molecule has 108 valence electrons. The first-order chi connectivity index (χ1) is 8.11. The Hall–Kier alpha value is -0.960. The molecule has 0 rings (SSSR count). The summed E-state index contributed by atoms with van der Waals surface area (Å²) in [5, 5.41) is 8.55. The minimum atomic E-state index is -4.67. The van der Waals surface area contributed by atoms with Gasteiger partial charge in [0, 0.05) is 5.57 Å². The maximum atomic E-state index is 10.4. The Labute approximate surface area is 108 Å². The summed E-state index contributed by atoms with van der Waals surface area (Å²) >= 11 is 0. The predicted molar refractivity (Wildman–Crippen MR) is 68.0 cm³/mol. The molecule has 0 aliphatic carbocycles. The lowest BCUT2D eigenvalue weighted by Gasteiger charge is -2.17. The minimum absolute atomic E-state index is 0.312. The van der Waals surface area contributed by atoms with Crippen LogP contribution in [0.2, 0.25) is 0 Å². The van der Waals surface area contributed by atoms with Crippen LogP contribution in [-0.4, -0.2) is 53.1 Å². The number of hydrogen-bond acceptors (Lipinski definition) is 4. The van der Waals surface area contributed by atoms with Crippen LogP contribution >= 0.6 is 0 Å². The lowest BCUT2D eigenvalue weighted by Crippen LogP contribution is -2.24. The summed E-state index contributed by atoms with van der Waals surface area (Å²) in [6.07, 6.45) is 1.47. The molecule has 0 saturated carbocycles. The second-order valence-electron chi connectivity index (χ2n) is 3.49. The maximum absolute atomic E-state index is 10.4. The fourth-order valence-corrected chi connectivity index (χ4v) is 1.16. The quantitative estimate of drug-likeness (QED) is 0.473.